The van der Waals surface area contributed by atoms with Gasteiger partial charge in [0.2, 0.25) is 0 Å². The summed E-state index contributed by atoms with van der Waals surface area (Å²) in [5.41, 5.74) is 1.11. The van der Waals surface area contributed by atoms with E-state index < -0.39 is 23.8 Å². The number of ether oxygens (including phenoxy) is 1. The maximum atomic E-state index is 13.9. The molecule has 140 valence electrons. The predicted octanol–water partition coefficient (Wildman–Crippen LogP) is 2.81. The number of methoxy groups -OCH3 is 1. The van der Waals surface area contributed by atoms with Crippen LogP contribution in [0.1, 0.15) is 18.5 Å². The number of rotatable bonds is 4. The van der Waals surface area contributed by atoms with Crippen molar-refractivity contribution in [3.8, 4) is 11.5 Å². The standard InChI is InChI=1S/C19H18FN3O4/c1-10-16(18(25)22-13-6-4-3-5-12(13)20)17(23-19(26)21-10)11-7-8-14(24)15(9-11)27-2/h3-9,17,24H,1-2H3,(H,22,25)(H2,21,23,26). The molecule has 1 atom stereocenters. The molecule has 8 heteroatoms. The minimum Gasteiger partial charge on any atom is -0.504 e. The third-order valence-electron chi connectivity index (χ3n) is 4.17. The molecule has 0 radical (unpaired) electrons. The van der Waals surface area contributed by atoms with E-state index in [4.69, 9.17) is 4.74 Å². The van der Waals surface area contributed by atoms with Gasteiger partial charge in [0.15, 0.2) is 11.5 Å². The average Bonchev–Trinajstić information content (AvgIpc) is 2.63. The van der Waals surface area contributed by atoms with E-state index in [-0.39, 0.29) is 22.8 Å². The first-order chi connectivity index (χ1) is 12.9. The van der Waals surface area contributed by atoms with Gasteiger partial charge in [0, 0.05) is 5.70 Å². The van der Waals surface area contributed by atoms with Gasteiger partial charge in [-0.3, -0.25) is 4.79 Å². The number of anilines is 1. The van der Waals surface area contributed by atoms with Crippen LogP contribution in [0.3, 0.4) is 0 Å². The molecule has 1 unspecified atom stereocenters. The highest BCUT2D eigenvalue weighted by Gasteiger charge is 2.32. The molecule has 0 fully saturated rings. The normalized spacial score (nSPS) is 16.4. The third kappa shape index (κ3) is 3.69. The van der Waals surface area contributed by atoms with Crippen molar-refractivity contribution in [2.24, 2.45) is 0 Å². The second-order valence-electron chi connectivity index (χ2n) is 5.94. The highest BCUT2D eigenvalue weighted by Crippen LogP contribution is 2.33. The van der Waals surface area contributed by atoms with E-state index in [1.54, 1.807) is 19.1 Å². The molecule has 1 heterocycles. The topological polar surface area (TPSA) is 99.7 Å². The summed E-state index contributed by atoms with van der Waals surface area (Å²) in [6.45, 7) is 1.58. The van der Waals surface area contributed by atoms with Gasteiger partial charge in [0.05, 0.1) is 24.4 Å². The number of aromatic hydroxyl groups is 1. The Bertz CT molecular complexity index is 942. The minimum absolute atomic E-state index is 0.0294. The Morgan fingerprint density at radius 2 is 2.00 bits per heavy atom. The number of halogens is 1. The molecule has 0 aromatic heterocycles. The fourth-order valence-electron chi connectivity index (χ4n) is 2.87. The zero-order valence-corrected chi connectivity index (χ0v) is 14.7. The van der Waals surface area contributed by atoms with Crippen molar-refractivity contribution < 1.29 is 23.8 Å². The molecule has 0 saturated heterocycles. The second kappa shape index (κ2) is 7.36. The summed E-state index contributed by atoms with van der Waals surface area (Å²) in [5, 5.41) is 17.5. The van der Waals surface area contributed by atoms with Crippen molar-refractivity contribution >= 4 is 17.6 Å². The van der Waals surface area contributed by atoms with Crippen LogP contribution >= 0.6 is 0 Å². The summed E-state index contributed by atoms with van der Waals surface area (Å²) in [6.07, 6.45) is 0. The summed E-state index contributed by atoms with van der Waals surface area (Å²) in [5.74, 6) is -1.01. The molecule has 2 aromatic carbocycles. The summed E-state index contributed by atoms with van der Waals surface area (Å²) < 4.78 is 19.0. The Morgan fingerprint density at radius 3 is 2.70 bits per heavy atom. The lowest BCUT2D eigenvalue weighted by Crippen LogP contribution is -2.46. The Hall–Kier alpha value is -3.55. The monoisotopic (exact) mass is 371 g/mol. The maximum absolute atomic E-state index is 13.9. The van der Waals surface area contributed by atoms with Gasteiger partial charge in [0.25, 0.3) is 5.91 Å². The minimum atomic E-state index is -0.806. The first kappa shape index (κ1) is 18.2. The summed E-state index contributed by atoms with van der Waals surface area (Å²) in [4.78, 5) is 24.8. The van der Waals surface area contributed by atoms with Crippen LogP contribution in [0.25, 0.3) is 0 Å². The first-order valence-electron chi connectivity index (χ1n) is 8.11. The number of carbonyl (C=O) groups excluding carboxylic acids is 2. The Balaban J connectivity index is 1.99. The third-order valence-corrected chi connectivity index (χ3v) is 4.17. The maximum Gasteiger partial charge on any atom is 0.319 e. The molecule has 3 amide bonds. The molecule has 0 spiro atoms. The van der Waals surface area contributed by atoms with Crippen LogP contribution in [-0.2, 0) is 4.79 Å². The van der Waals surface area contributed by atoms with Gasteiger partial charge < -0.3 is 25.8 Å². The van der Waals surface area contributed by atoms with Crippen molar-refractivity contribution in [1.82, 2.24) is 10.6 Å². The molecule has 1 aliphatic rings. The van der Waals surface area contributed by atoms with Crippen molar-refractivity contribution in [2.45, 2.75) is 13.0 Å². The van der Waals surface area contributed by atoms with Crippen LogP contribution in [0.2, 0.25) is 0 Å². The van der Waals surface area contributed by atoms with Crippen LogP contribution in [-0.4, -0.2) is 24.2 Å². The zero-order chi connectivity index (χ0) is 19.6. The molecule has 0 bridgehead atoms. The highest BCUT2D eigenvalue weighted by molar-refractivity contribution is 6.06. The van der Waals surface area contributed by atoms with Gasteiger partial charge in [-0.1, -0.05) is 18.2 Å². The molecule has 3 rings (SSSR count). The summed E-state index contributed by atoms with van der Waals surface area (Å²) in [6, 6.07) is 9.01. The quantitative estimate of drug-likeness (QED) is 0.664. The van der Waals surface area contributed by atoms with Gasteiger partial charge in [-0.2, -0.15) is 0 Å². The average molecular weight is 371 g/mol. The van der Waals surface area contributed by atoms with Gasteiger partial charge in [-0.05, 0) is 36.8 Å². The number of urea groups is 1. The number of hydrogen-bond acceptors (Lipinski definition) is 4. The molecular weight excluding hydrogens is 353 g/mol. The van der Waals surface area contributed by atoms with Gasteiger partial charge in [-0.15, -0.1) is 0 Å². The molecular formula is C19H18FN3O4. The van der Waals surface area contributed by atoms with Crippen LogP contribution in [0, 0.1) is 5.82 Å². The summed E-state index contributed by atoms with van der Waals surface area (Å²) in [7, 11) is 1.40. The van der Waals surface area contributed by atoms with Crippen molar-refractivity contribution in [1.29, 1.82) is 0 Å². The van der Waals surface area contributed by atoms with E-state index >= 15 is 0 Å². The number of nitrogens with one attached hydrogen (secondary N) is 3. The van der Waals surface area contributed by atoms with Gasteiger partial charge in [0.1, 0.15) is 5.82 Å². The fourth-order valence-corrected chi connectivity index (χ4v) is 2.87. The van der Waals surface area contributed by atoms with E-state index in [1.165, 1.54) is 37.4 Å². The number of allylic oxidation sites excluding steroid dienone is 1. The van der Waals surface area contributed by atoms with E-state index in [2.05, 4.69) is 16.0 Å². The van der Waals surface area contributed by atoms with Crippen LogP contribution < -0.4 is 20.7 Å². The SMILES string of the molecule is COc1cc(C2NC(=O)NC(C)=C2C(=O)Nc2ccccc2F)ccc1O. The van der Waals surface area contributed by atoms with Crippen molar-refractivity contribution in [2.75, 3.05) is 12.4 Å². The smallest absolute Gasteiger partial charge is 0.319 e. The molecule has 0 saturated carbocycles. The molecule has 27 heavy (non-hydrogen) atoms. The summed E-state index contributed by atoms with van der Waals surface area (Å²) >= 11 is 0. The lowest BCUT2D eigenvalue weighted by atomic mass is 9.94. The van der Waals surface area contributed by atoms with E-state index in [9.17, 15) is 19.1 Å². The van der Waals surface area contributed by atoms with E-state index in [1.807, 2.05) is 0 Å². The first-order valence-corrected chi connectivity index (χ1v) is 8.11. The molecule has 1 aliphatic heterocycles. The number of phenols is 1. The van der Waals surface area contributed by atoms with Crippen molar-refractivity contribution in [3.05, 3.63) is 65.1 Å². The lowest BCUT2D eigenvalue weighted by Gasteiger charge is -2.29. The van der Waals surface area contributed by atoms with Gasteiger partial charge >= 0.3 is 6.03 Å². The second-order valence-corrected chi connectivity index (χ2v) is 5.94. The number of para-hydroxylation sites is 1. The lowest BCUT2D eigenvalue weighted by molar-refractivity contribution is -0.113. The number of benzene rings is 2. The van der Waals surface area contributed by atoms with Crippen LogP contribution in [0.5, 0.6) is 11.5 Å². The predicted molar refractivity (Wildman–Crippen MR) is 96.8 cm³/mol. The largest absolute Gasteiger partial charge is 0.504 e. The number of amides is 3. The molecule has 2 aromatic rings. The fraction of sp³-hybridized carbons (Fsp3) is 0.158. The van der Waals surface area contributed by atoms with Gasteiger partial charge in [-0.25, -0.2) is 9.18 Å². The Labute approximate surface area is 154 Å². The zero-order valence-electron chi connectivity index (χ0n) is 14.7. The number of phenolic OH excluding ortho intramolecular Hbond substituents is 1. The Kier molecular flexibility index (Phi) is 4.98. The van der Waals surface area contributed by atoms with E-state index in [0.717, 1.165) is 0 Å². The van der Waals surface area contributed by atoms with Crippen LogP contribution in [0.4, 0.5) is 14.9 Å². The molecule has 7 nitrogen and oxygen atoms in total. The Morgan fingerprint density at radius 1 is 1.26 bits per heavy atom. The molecule has 0 aliphatic carbocycles. The van der Waals surface area contributed by atoms with Crippen LogP contribution in [0.15, 0.2) is 53.7 Å². The molecule has 4 N–H and O–H groups in total. The highest BCUT2D eigenvalue weighted by atomic mass is 19.1. The van der Waals surface area contributed by atoms with Crippen molar-refractivity contribution in [3.63, 3.8) is 0 Å². The number of carbonyl (C=O) groups is 2. The van der Waals surface area contributed by atoms with E-state index in [0.29, 0.717) is 11.3 Å². The number of hydrogen-bond donors (Lipinski definition) is 4.